The van der Waals surface area contributed by atoms with Gasteiger partial charge in [0.25, 0.3) is 0 Å². The number of nitrogens with zero attached hydrogens (tertiary/aromatic N) is 1. The van der Waals surface area contributed by atoms with Crippen molar-refractivity contribution in [1.82, 2.24) is 4.31 Å². The van der Waals surface area contributed by atoms with Gasteiger partial charge in [0.1, 0.15) is 0 Å². The summed E-state index contributed by atoms with van der Waals surface area (Å²) in [5, 5.41) is 0. The quantitative estimate of drug-likeness (QED) is 0.849. The van der Waals surface area contributed by atoms with E-state index < -0.39 is 10.0 Å². The molecule has 1 aliphatic carbocycles. The van der Waals surface area contributed by atoms with Crippen molar-refractivity contribution in [2.45, 2.75) is 37.2 Å². The van der Waals surface area contributed by atoms with Crippen LogP contribution in [0.4, 0.5) is 0 Å². The highest BCUT2D eigenvalue weighted by Crippen LogP contribution is 2.33. The van der Waals surface area contributed by atoms with E-state index in [-0.39, 0.29) is 6.04 Å². The molecule has 0 heterocycles. The van der Waals surface area contributed by atoms with Gasteiger partial charge in [-0.2, -0.15) is 4.31 Å². The largest absolute Gasteiger partial charge is 0.243 e. The van der Waals surface area contributed by atoms with Crippen LogP contribution in [0.15, 0.2) is 59.5 Å². The smallest absolute Gasteiger partial charge is 0.207 e. The summed E-state index contributed by atoms with van der Waals surface area (Å²) in [6.45, 7) is 2.48. The van der Waals surface area contributed by atoms with Crippen LogP contribution in [-0.2, 0) is 16.6 Å². The van der Waals surface area contributed by atoms with Gasteiger partial charge in [-0.1, -0.05) is 48.0 Å². The first-order valence-corrected chi connectivity index (χ1v) is 8.64. The summed E-state index contributed by atoms with van der Waals surface area (Å²) in [6.07, 6.45) is 1.91. The van der Waals surface area contributed by atoms with Crippen LogP contribution in [0.1, 0.15) is 24.0 Å². The fourth-order valence-corrected chi connectivity index (χ4v) is 4.07. The van der Waals surface area contributed by atoms with Gasteiger partial charge >= 0.3 is 0 Å². The van der Waals surface area contributed by atoms with E-state index in [1.54, 1.807) is 28.6 Å². The zero-order chi connectivity index (χ0) is 14.9. The molecular weight excluding hydrogens is 282 g/mol. The van der Waals surface area contributed by atoms with Crippen LogP contribution in [-0.4, -0.2) is 18.8 Å². The lowest BCUT2D eigenvalue weighted by atomic mass is 10.1. The average Bonchev–Trinajstić information content (AvgIpc) is 3.32. The average molecular weight is 301 g/mol. The number of aryl methyl sites for hydroxylation is 1. The molecule has 0 unspecified atom stereocenters. The third-order valence-corrected chi connectivity index (χ3v) is 5.68. The molecule has 21 heavy (non-hydrogen) atoms. The molecule has 2 aromatic carbocycles. The minimum Gasteiger partial charge on any atom is -0.207 e. The molecule has 0 amide bonds. The Morgan fingerprint density at radius 1 is 1.00 bits per heavy atom. The van der Waals surface area contributed by atoms with Crippen LogP contribution >= 0.6 is 0 Å². The van der Waals surface area contributed by atoms with Gasteiger partial charge in [-0.15, -0.1) is 0 Å². The Morgan fingerprint density at radius 2 is 1.62 bits per heavy atom. The second-order valence-corrected chi connectivity index (χ2v) is 7.47. The minimum absolute atomic E-state index is 0.150. The van der Waals surface area contributed by atoms with Gasteiger partial charge in [-0.3, -0.25) is 0 Å². The number of hydrogen-bond donors (Lipinski definition) is 0. The van der Waals surface area contributed by atoms with Crippen molar-refractivity contribution in [1.29, 1.82) is 0 Å². The highest BCUT2D eigenvalue weighted by Gasteiger charge is 2.37. The maximum absolute atomic E-state index is 12.8. The predicted molar refractivity (Wildman–Crippen MR) is 83.4 cm³/mol. The number of rotatable bonds is 5. The molecule has 0 radical (unpaired) electrons. The third kappa shape index (κ3) is 3.17. The van der Waals surface area contributed by atoms with Gasteiger partial charge < -0.3 is 0 Å². The molecule has 3 nitrogen and oxygen atoms in total. The highest BCUT2D eigenvalue weighted by molar-refractivity contribution is 7.89. The van der Waals surface area contributed by atoms with Crippen molar-refractivity contribution in [2.24, 2.45) is 0 Å². The van der Waals surface area contributed by atoms with Crippen LogP contribution in [0.2, 0.25) is 0 Å². The van der Waals surface area contributed by atoms with Crippen LogP contribution < -0.4 is 0 Å². The van der Waals surface area contributed by atoms with E-state index in [2.05, 4.69) is 0 Å². The SMILES string of the molecule is Cc1ccc(CN(C2CC2)S(=O)(=O)c2ccccc2)cc1. The fraction of sp³-hybridized carbons (Fsp3) is 0.294. The molecule has 1 fully saturated rings. The van der Waals surface area contributed by atoms with Crippen molar-refractivity contribution in [3.8, 4) is 0 Å². The molecule has 0 N–H and O–H groups in total. The molecule has 1 aliphatic rings. The summed E-state index contributed by atoms with van der Waals surface area (Å²) < 4.78 is 27.3. The van der Waals surface area contributed by atoms with E-state index in [1.807, 2.05) is 37.3 Å². The zero-order valence-electron chi connectivity index (χ0n) is 12.1. The van der Waals surface area contributed by atoms with Gasteiger partial charge in [-0.05, 0) is 37.5 Å². The molecule has 1 saturated carbocycles. The summed E-state index contributed by atoms with van der Waals surface area (Å²) >= 11 is 0. The lowest BCUT2D eigenvalue weighted by Gasteiger charge is -2.22. The van der Waals surface area contributed by atoms with Crippen molar-refractivity contribution < 1.29 is 8.42 Å². The third-order valence-electron chi connectivity index (χ3n) is 3.76. The first-order valence-electron chi connectivity index (χ1n) is 7.20. The normalized spacial score (nSPS) is 15.3. The lowest BCUT2D eigenvalue weighted by molar-refractivity contribution is 0.398. The second kappa shape index (κ2) is 5.62. The minimum atomic E-state index is -3.41. The molecule has 0 bridgehead atoms. The Hall–Kier alpha value is -1.65. The summed E-state index contributed by atoms with van der Waals surface area (Å²) in [5.74, 6) is 0. The highest BCUT2D eigenvalue weighted by atomic mass is 32.2. The second-order valence-electron chi connectivity index (χ2n) is 5.58. The van der Waals surface area contributed by atoms with E-state index in [4.69, 9.17) is 0 Å². The maximum atomic E-state index is 12.8. The van der Waals surface area contributed by atoms with Crippen LogP contribution in [0.3, 0.4) is 0 Å². The van der Waals surface area contributed by atoms with Crippen LogP contribution in [0, 0.1) is 6.92 Å². The van der Waals surface area contributed by atoms with Crippen LogP contribution in [0.5, 0.6) is 0 Å². The monoisotopic (exact) mass is 301 g/mol. The molecule has 0 spiro atoms. The van der Waals surface area contributed by atoms with Crippen molar-refractivity contribution in [3.05, 3.63) is 65.7 Å². The molecule has 0 aliphatic heterocycles. The van der Waals surface area contributed by atoms with E-state index >= 15 is 0 Å². The van der Waals surface area contributed by atoms with Crippen molar-refractivity contribution in [3.63, 3.8) is 0 Å². The Morgan fingerprint density at radius 3 is 2.19 bits per heavy atom. The first-order chi connectivity index (χ1) is 10.1. The van der Waals surface area contributed by atoms with Gasteiger partial charge in [0.2, 0.25) is 10.0 Å². The van der Waals surface area contributed by atoms with Gasteiger partial charge in [0.15, 0.2) is 0 Å². The van der Waals surface area contributed by atoms with E-state index in [0.29, 0.717) is 11.4 Å². The number of sulfonamides is 1. The summed E-state index contributed by atoms with van der Waals surface area (Å²) in [6, 6.07) is 16.9. The van der Waals surface area contributed by atoms with E-state index in [9.17, 15) is 8.42 Å². The van der Waals surface area contributed by atoms with Crippen molar-refractivity contribution in [2.75, 3.05) is 0 Å². The Kier molecular flexibility index (Phi) is 3.83. The molecule has 0 aromatic heterocycles. The maximum Gasteiger partial charge on any atom is 0.243 e. The lowest BCUT2D eigenvalue weighted by Crippen LogP contribution is -2.32. The molecule has 2 aromatic rings. The molecule has 110 valence electrons. The molecule has 4 heteroatoms. The van der Waals surface area contributed by atoms with Crippen LogP contribution in [0.25, 0.3) is 0 Å². The first kappa shape index (κ1) is 14.3. The van der Waals surface area contributed by atoms with Gasteiger partial charge in [-0.25, -0.2) is 8.42 Å². The summed E-state index contributed by atoms with van der Waals surface area (Å²) in [7, 11) is -3.41. The molecule has 0 atom stereocenters. The Balaban J connectivity index is 1.90. The molecular formula is C17H19NO2S. The standard InChI is InChI=1S/C17H19NO2S/c1-14-7-9-15(10-8-14)13-18(16-11-12-16)21(19,20)17-5-3-2-4-6-17/h2-10,16H,11-13H2,1H3. The summed E-state index contributed by atoms with van der Waals surface area (Å²) in [4.78, 5) is 0.379. The van der Waals surface area contributed by atoms with E-state index in [0.717, 1.165) is 18.4 Å². The molecule has 3 rings (SSSR count). The van der Waals surface area contributed by atoms with E-state index in [1.165, 1.54) is 5.56 Å². The Bertz CT molecular complexity index is 704. The number of hydrogen-bond acceptors (Lipinski definition) is 2. The topological polar surface area (TPSA) is 37.4 Å². The summed E-state index contributed by atoms with van der Waals surface area (Å²) in [5.41, 5.74) is 2.22. The fourth-order valence-electron chi connectivity index (χ4n) is 2.37. The number of benzene rings is 2. The molecule has 0 saturated heterocycles. The van der Waals surface area contributed by atoms with Gasteiger partial charge in [0, 0.05) is 12.6 Å². The Labute approximate surface area is 126 Å². The van der Waals surface area contributed by atoms with Crippen molar-refractivity contribution >= 4 is 10.0 Å². The zero-order valence-corrected chi connectivity index (χ0v) is 12.9. The van der Waals surface area contributed by atoms with Gasteiger partial charge in [0.05, 0.1) is 4.90 Å². The predicted octanol–water partition coefficient (Wildman–Crippen LogP) is 3.35.